The SMILES string of the molecule is Cc1ccc(-c2c(C#N)c(Sc3ccccc3)nc3nc4c(c(N)c23)CCCC4)cc1. The van der Waals surface area contributed by atoms with Gasteiger partial charge in [0.1, 0.15) is 11.1 Å². The molecule has 4 nitrogen and oxygen atoms in total. The van der Waals surface area contributed by atoms with Gasteiger partial charge in [-0.15, -0.1) is 0 Å². The molecule has 0 saturated heterocycles. The van der Waals surface area contributed by atoms with E-state index in [-0.39, 0.29) is 0 Å². The van der Waals surface area contributed by atoms with Crippen molar-refractivity contribution in [2.75, 3.05) is 5.73 Å². The van der Waals surface area contributed by atoms with Gasteiger partial charge in [0, 0.05) is 21.8 Å². The highest BCUT2D eigenvalue weighted by molar-refractivity contribution is 7.99. The van der Waals surface area contributed by atoms with Crippen molar-refractivity contribution in [3.63, 3.8) is 0 Å². The van der Waals surface area contributed by atoms with Gasteiger partial charge in [-0.1, -0.05) is 59.8 Å². The maximum atomic E-state index is 10.2. The van der Waals surface area contributed by atoms with Crippen LogP contribution in [0.3, 0.4) is 0 Å². The molecule has 2 N–H and O–H groups in total. The number of pyridine rings is 2. The quantitative estimate of drug-likeness (QED) is 0.432. The number of hydrogen-bond acceptors (Lipinski definition) is 5. The van der Waals surface area contributed by atoms with Crippen molar-refractivity contribution < 1.29 is 0 Å². The van der Waals surface area contributed by atoms with Crippen LogP contribution in [-0.4, -0.2) is 9.97 Å². The fourth-order valence-electron chi connectivity index (χ4n) is 4.26. The number of fused-ring (bicyclic) bond motifs is 2. The molecule has 0 aliphatic heterocycles. The topological polar surface area (TPSA) is 75.6 Å². The van der Waals surface area contributed by atoms with Crippen molar-refractivity contribution in [3.8, 4) is 17.2 Å². The van der Waals surface area contributed by atoms with Gasteiger partial charge in [-0.2, -0.15) is 5.26 Å². The van der Waals surface area contributed by atoms with Crippen LogP contribution in [-0.2, 0) is 12.8 Å². The summed E-state index contributed by atoms with van der Waals surface area (Å²) in [5.41, 5.74) is 13.8. The van der Waals surface area contributed by atoms with Crippen LogP contribution in [0.15, 0.2) is 64.5 Å². The molecule has 0 radical (unpaired) electrons. The predicted octanol–water partition coefficient (Wildman–Crippen LogP) is 6.09. The molecule has 1 aliphatic rings. The van der Waals surface area contributed by atoms with E-state index in [1.807, 2.05) is 30.3 Å². The van der Waals surface area contributed by atoms with Gasteiger partial charge in [-0.25, -0.2) is 9.97 Å². The number of anilines is 1. The summed E-state index contributed by atoms with van der Waals surface area (Å²) in [6.45, 7) is 2.06. The molecular weight excluding hydrogens is 400 g/mol. The van der Waals surface area contributed by atoms with E-state index >= 15 is 0 Å². The summed E-state index contributed by atoms with van der Waals surface area (Å²) < 4.78 is 0. The molecule has 0 amide bonds. The first kappa shape index (κ1) is 19.6. The molecule has 5 rings (SSSR count). The first-order chi connectivity index (χ1) is 15.2. The number of aryl methyl sites for hydroxylation is 2. The number of benzene rings is 2. The van der Waals surface area contributed by atoms with Gasteiger partial charge in [0.15, 0.2) is 5.65 Å². The van der Waals surface area contributed by atoms with Crippen LogP contribution in [0.1, 0.15) is 35.2 Å². The second-order valence-corrected chi connectivity index (χ2v) is 8.98. The summed E-state index contributed by atoms with van der Waals surface area (Å²) >= 11 is 1.49. The van der Waals surface area contributed by atoms with E-state index in [9.17, 15) is 5.26 Å². The Morgan fingerprint density at radius 3 is 2.45 bits per heavy atom. The second-order valence-electron chi connectivity index (χ2n) is 7.92. The van der Waals surface area contributed by atoms with Crippen molar-refractivity contribution in [1.82, 2.24) is 9.97 Å². The first-order valence-electron chi connectivity index (χ1n) is 10.5. The maximum Gasteiger partial charge on any atom is 0.163 e. The van der Waals surface area contributed by atoms with E-state index < -0.39 is 0 Å². The van der Waals surface area contributed by atoms with Crippen LogP contribution >= 0.6 is 11.8 Å². The molecule has 2 aromatic heterocycles. The minimum Gasteiger partial charge on any atom is -0.398 e. The van der Waals surface area contributed by atoms with Gasteiger partial charge in [0.2, 0.25) is 0 Å². The van der Waals surface area contributed by atoms with Crippen molar-refractivity contribution >= 4 is 28.5 Å². The maximum absolute atomic E-state index is 10.2. The number of hydrogen-bond donors (Lipinski definition) is 1. The Labute approximate surface area is 186 Å². The van der Waals surface area contributed by atoms with Crippen LogP contribution in [0.4, 0.5) is 5.69 Å². The van der Waals surface area contributed by atoms with Crippen LogP contribution < -0.4 is 5.73 Å². The molecule has 0 fully saturated rings. The average molecular weight is 423 g/mol. The lowest BCUT2D eigenvalue weighted by Gasteiger charge is -2.21. The van der Waals surface area contributed by atoms with Gasteiger partial charge >= 0.3 is 0 Å². The molecule has 2 aromatic carbocycles. The number of nitrogens with zero attached hydrogens (tertiary/aromatic N) is 3. The molecule has 5 heteroatoms. The van der Waals surface area contributed by atoms with E-state index in [1.165, 1.54) is 17.3 Å². The highest BCUT2D eigenvalue weighted by atomic mass is 32.2. The normalized spacial score (nSPS) is 13.0. The average Bonchev–Trinajstić information content (AvgIpc) is 2.80. The van der Waals surface area contributed by atoms with Crippen molar-refractivity contribution in [2.24, 2.45) is 0 Å². The Hall–Kier alpha value is -3.36. The second kappa shape index (κ2) is 8.05. The van der Waals surface area contributed by atoms with Gasteiger partial charge in [-0.05, 0) is 55.9 Å². The summed E-state index contributed by atoms with van der Waals surface area (Å²) in [4.78, 5) is 10.8. The number of nitriles is 1. The Morgan fingerprint density at radius 1 is 0.968 bits per heavy atom. The van der Waals surface area contributed by atoms with E-state index in [0.29, 0.717) is 16.2 Å². The van der Waals surface area contributed by atoms with Crippen LogP contribution in [0.2, 0.25) is 0 Å². The predicted molar refractivity (Wildman–Crippen MR) is 126 cm³/mol. The zero-order valence-electron chi connectivity index (χ0n) is 17.4. The Morgan fingerprint density at radius 2 is 1.71 bits per heavy atom. The summed E-state index contributed by atoms with van der Waals surface area (Å²) in [5, 5.41) is 11.7. The molecule has 4 aromatic rings. The van der Waals surface area contributed by atoms with Gasteiger partial charge in [-0.3, -0.25) is 0 Å². The fourth-order valence-corrected chi connectivity index (χ4v) is 5.15. The Kier molecular flexibility index (Phi) is 5.09. The van der Waals surface area contributed by atoms with Gasteiger partial charge in [0.05, 0.1) is 10.9 Å². The fraction of sp³-hybridized carbons (Fsp3) is 0.192. The van der Waals surface area contributed by atoms with Crippen LogP contribution in [0.5, 0.6) is 0 Å². The van der Waals surface area contributed by atoms with Crippen LogP contribution in [0.25, 0.3) is 22.2 Å². The molecule has 2 heterocycles. The Balaban J connectivity index is 1.84. The van der Waals surface area contributed by atoms with E-state index in [0.717, 1.165) is 64.0 Å². The zero-order valence-corrected chi connectivity index (χ0v) is 18.2. The number of aromatic nitrogens is 2. The Bertz CT molecular complexity index is 1320. The molecule has 0 atom stereocenters. The summed E-state index contributed by atoms with van der Waals surface area (Å²) in [6.07, 6.45) is 4.10. The molecule has 152 valence electrons. The summed E-state index contributed by atoms with van der Waals surface area (Å²) in [7, 11) is 0. The smallest absolute Gasteiger partial charge is 0.163 e. The van der Waals surface area contributed by atoms with E-state index in [4.69, 9.17) is 15.7 Å². The molecular formula is C26H22N4S. The molecule has 0 bridgehead atoms. The summed E-state index contributed by atoms with van der Waals surface area (Å²) in [6, 6.07) is 20.7. The lowest BCUT2D eigenvalue weighted by atomic mass is 9.90. The van der Waals surface area contributed by atoms with E-state index in [2.05, 4.69) is 37.3 Å². The number of nitrogen functional groups attached to an aromatic ring is 1. The van der Waals surface area contributed by atoms with Crippen molar-refractivity contribution in [1.29, 1.82) is 5.26 Å². The summed E-state index contributed by atoms with van der Waals surface area (Å²) in [5.74, 6) is 0. The van der Waals surface area contributed by atoms with Crippen molar-refractivity contribution in [2.45, 2.75) is 42.5 Å². The first-order valence-corrected chi connectivity index (χ1v) is 11.3. The van der Waals surface area contributed by atoms with Crippen molar-refractivity contribution in [3.05, 3.63) is 77.0 Å². The third-order valence-electron chi connectivity index (χ3n) is 5.83. The largest absolute Gasteiger partial charge is 0.398 e. The van der Waals surface area contributed by atoms with E-state index in [1.54, 1.807) is 0 Å². The minimum absolute atomic E-state index is 0.550. The molecule has 31 heavy (non-hydrogen) atoms. The molecule has 0 saturated carbocycles. The third-order valence-corrected chi connectivity index (χ3v) is 6.83. The lowest BCUT2D eigenvalue weighted by molar-refractivity contribution is 0.672. The standard InChI is InChI=1S/C26H22N4S/c1-16-11-13-17(14-12-16)22-20(15-27)26(31-18-7-3-2-4-8-18)30-25-23(22)24(28)19-9-5-6-10-21(19)29-25/h2-4,7-8,11-14H,5-6,9-10H2,1H3,(H2,28,29,30). The minimum atomic E-state index is 0.550. The van der Waals surface area contributed by atoms with Gasteiger partial charge in [0.25, 0.3) is 0 Å². The third kappa shape index (κ3) is 3.54. The van der Waals surface area contributed by atoms with Crippen LogP contribution in [0, 0.1) is 18.3 Å². The highest BCUT2D eigenvalue weighted by Gasteiger charge is 2.24. The lowest BCUT2D eigenvalue weighted by Crippen LogP contribution is -2.11. The van der Waals surface area contributed by atoms with Gasteiger partial charge < -0.3 is 5.73 Å². The highest BCUT2D eigenvalue weighted by Crippen LogP contribution is 2.42. The monoisotopic (exact) mass is 422 g/mol. The molecule has 0 unspecified atom stereocenters. The number of nitrogens with two attached hydrogens (primary N) is 1. The molecule has 0 spiro atoms. The molecule has 1 aliphatic carbocycles. The zero-order chi connectivity index (χ0) is 21.4. The number of rotatable bonds is 3.